The SMILES string of the molecule is CO[C@H]1C[C@H]2CSC(NC(=O)O)=N[C@@]2(c2cc(N)ccc2F)C1. The van der Waals surface area contributed by atoms with Gasteiger partial charge in [0.2, 0.25) is 0 Å². The molecular formula is C15H18FN3O3S. The minimum absolute atomic E-state index is 0.0469. The molecule has 0 bridgehead atoms. The molecule has 0 spiro atoms. The van der Waals surface area contributed by atoms with Gasteiger partial charge in [-0.1, -0.05) is 11.8 Å². The molecule has 3 atom stereocenters. The number of benzene rings is 1. The van der Waals surface area contributed by atoms with Gasteiger partial charge in [-0.15, -0.1) is 0 Å². The maximum atomic E-state index is 14.5. The lowest BCUT2D eigenvalue weighted by molar-refractivity contribution is 0.102. The Hall–Kier alpha value is -1.80. The Kier molecular flexibility index (Phi) is 4.20. The molecule has 6 nitrogen and oxygen atoms in total. The molecule has 0 saturated heterocycles. The summed E-state index contributed by atoms with van der Waals surface area (Å²) in [5, 5.41) is 11.5. The summed E-state index contributed by atoms with van der Waals surface area (Å²) < 4.78 is 20.0. The average molecular weight is 339 g/mol. The lowest BCUT2D eigenvalue weighted by Crippen LogP contribution is -2.40. The number of nitrogen functional groups attached to an aromatic ring is 1. The Morgan fingerprint density at radius 3 is 3.09 bits per heavy atom. The van der Waals surface area contributed by atoms with E-state index in [1.165, 1.54) is 23.9 Å². The van der Waals surface area contributed by atoms with Crippen molar-refractivity contribution in [1.82, 2.24) is 5.32 Å². The molecular weight excluding hydrogens is 321 g/mol. The van der Waals surface area contributed by atoms with E-state index in [0.717, 1.165) is 6.42 Å². The van der Waals surface area contributed by atoms with Crippen molar-refractivity contribution in [3.8, 4) is 0 Å². The number of amides is 1. The van der Waals surface area contributed by atoms with E-state index in [2.05, 4.69) is 10.3 Å². The minimum atomic E-state index is -1.18. The van der Waals surface area contributed by atoms with Crippen molar-refractivity contribution < 1.29 is 19.0 Å². The predicted octanol–water partition coefficient (Wildman–Crippen LogP) is 2.40. The Morgan fingerprint density at radius 2 is 2.39 bits per heavy atom. The summed E-state index contributed by atoms with van der Waals surface area (Å²) in [5.74, 6) is 0.326. The number of halogens is 1. The number of nitrogens with two attached hydrogens (primary N) is 1. The van der Waals surface area contributed by atoms with Crippen molar-refractivity contribution in [2.75, 3.05) is 18.6 Å². The second-order valence-electron chi connectivity index (χ2n) is 5.82. The first-order chi connectivity index (χ1) is 10.9. The number of amidine groups is 1. The van der Waals surface area contributed by atoms with Crippen LogP contribution in [-0.2, 0) is 10.3 Å². The predicted molar refractivity (Wildman–Crippen MR) is 87.1 cm³/mol. The van der Waals surface area contributed by atoms with Gasteiger partial charge in [0.15, 0.2) is 5.17 Å². The smallest absolute Gasteiger partial charge is 0.410 e. The zero-order valence-electron chi connectivity index (χ0n) is 12.6. The van der Waals surface area contributed by atoms with Gasteiger partial charge in [-0.2, -0.15) is 0 Å². The number of rotatable bonds is 2. The number of ether oxygens (including phenoxy) is 1. The van der Waals surface area contributed by atoms with Gasteiger partial charge in [0.05, 0.1) is 11.6 Å². The summed E-state index contributed by atoms with van der Waals surface area (Å²) in [6.07, 6.45) is 0.0233. The fourth-order valence-electron chi connectivity index (χ4n) is 3.45. The number of hydrogen-bond donors (Lipinski definition) is 3. The van der Waals surface area contributed by atoms with Crippen molar-refractivity contribution in [1.29, 1.82) is 0 Å². The van der Waals surface area contributed by atoms with Crippen LogP contribution in [0.25, 0.3) is 0 Å². The number of carbonyl (C=O) groups is 1. The van der Waals surface area contributed by atoms with E-state index in [-0.39, 0.29) is 23.0 Å². The van der Waals surface area contributed by atoms with Gasteiger partial charge in [0.25, 0.3) is 0 Å². The molecule has 1 fully saturated rings. The number of nitrogens with zero attached hydrogens (tertiary/aromatic N) is 1. The molecule has 1 aromatic carbocycles. The minimum Gasteiger partial charge on any atom is -0.465 e. The molecule has 1 heterocycles. The Balaban J connectivity index is 2.11. The van der Waals surface area contributed by atoms with Crippen LogP contribution in [0.5, 0.6) is 0 Å². The van der Waals surface area contributed by atoms with Crippen molar-refractivity contribution in [3.63, 3.8) is 0 Å². The van der Waals surface area contributed by atoms with E-state index in [0.29, 0.717) is 23.4 Å². The number of aliphatic imine (C=N–C) groups is 1. The molecule has 124 valence electrons. The van der Waals surface area contributed by atoms with Crippen molar-refractivity contribution in [2.45, 2.75) is 24.5 Å². The molecule has 23 heavy (non-hydrogen) atoms. The van der Waals surface area contributed by atoms with Crippen LogP contribution in [0, 0.1) is 11.7 Å². The van der Waals surface area contributed by atoms with E-state index in [9.17, 15) is 9.18 Å². The molecule has 0 radical (unpaired) electrons. The van der Waals surface area contributed by atoms with Gasteiger partial charge in [-0.3, -0.25) is 10.3 Å². The Morgan fingerprint density at radius 1 is 1.61 bits per heavy atom. The number of hydrogen-bond acceptors (Lipinski definition) is 5. The highest BCUT2D eigenvalue weighted by molar-refractivity contribution is 8.13. The highest BCUT2D eigenvalue weighted by Crippen LogP contribution is 2.52. The highest BCUT2D eigenvalue weighted by Gasteiger charge is 2.52. The van der Waals surface area contributed by atoms with Gasteiger partial charge < -0.3 is 15.6 Å². The average Bonchev–Trinajstić information content (AvgIpc) is 2.88. The van der Waals surface area contributed by atoms with Crippen LogP contribution in [-0.4, -0.2) is 35.3 Å². The first-order valence-electron chi connectivity index (χ1n) is 7.25. The highest BCUT2D eigenvalue weighted by atomic mass is 32.2. The molecule has 1 saturated carbocycles. The lowest BCUT2D eigenvalue weighted by atomic mass is 9.81. The molecule has 0 aromatic heterocycles. The van der Waals surface area contributed by atoms with Crippen LogP contribution in [0.2, 0.25) is 0 Å². The molecule has 4 N–H and O–H groups in total. The quantitative estimate of drug-likeness (QED) is 0.719. The number of methoxy groups -OCH3 is 1. The summed E-state index contributed by atoms with van der Waals surface area (Å²) in [7, 11) is 1.62. The number of carboxylic acid groups (broad SMARTS) is 1. The Labute approximate surface area is 137 Å². The van der Waals surface area contributed by atoms with E-state index in [4.69, 9.17) is 15.6 Å². The fraction of sp³-hybridized carbons (Fsp3) is 0.467. The first kappa shape index (κ1) is 16.1. The molecule has 2 aliphatic rings. The van der Waals surface area contributed by atoms with E-state index in [1.54, 1.807) is 13.2 Å². The van der Waals surface area contributed by atoms with Crippen molar-refractivity contribution in [2.24, 2.45) is 10.9 Å². The molecule has 1 aliphatic carbocycles. The summed E-state index contributed by atoms with van der Waals surface area (Å²) in [4.78, 5) is 15.5. The maximum absolute atomic E-state index is 14.5. The maximum Gasteiger partial charge on any atom is 0.410 e. The molecule has 1 aromatic rings. The molecule has 0 unspecified atom stereocenters. The van der Waals surface area contributed by atoms with Crippen LogP contribution >= 0.6 is 11.8 Å². The molecule has 1 amide bonds. The van der Waals surface area contributed by atoms with Gasteiger partial charge in [-0.05, 0) is 24.6 Å². The van der Waals surface area contributed by atoms with E-state index >= 15 is 0 Å². The molecule has 1 aliphatic heterocycles. The number of thioether (sulfide) groups is 1. The zero-order chi connectivity index (χ0) is 16.6. The summed E-state index contributed by atoms with van der Waals surface area (Å²) >= 11 is 1.33. The summed E-state index contributed by atoms with van der Waals surface area (Å²) in [6, 6.07) is 4.43. The van der Waals surface area contributed by atoms with Crippen LogP contribution < -0.4 is 11.1 Å². The van der Waals surface area contributed by atoms with Gasteiger partial charge in [0, 0.05) is 36.5 Å². The summed E-state index contributed by atoms with van der Waals surface area (Å²) in [5.41, 5.74) is 5.86. The summed E-state index contributed by atoms with van der Waals surface area (Å²) in [6.45, 7) is 0. The van der Waals surface area contributed by atoms with Crippen molar-refractivity contribution in [3.05, 3.63) is 29.6 Å². The largest absolute Gasteiger partial charge is 0.465 e. The molecule has 8 heteroatoms. The standard InChI is InChI=1S/C15H18FN3O3S/c1-22-10-4-8-7-23-13(18-14(20)21)19-15(8,6-10)11-5-9(17)2-3-12(11)16/h2-3,5,8,10H,4,6-7,17H2,1H3,(H,18,19)(H,20,21)/t8-,10-,15-/m0/s1. The Bertz CT molecular complexity index is 669. The number of anilines is 1. The van der Waals surface area contributed by atoms with Gasteiger partial charge >= 0.3 is 6.09 Å². The second kappa shape index (κ2) is 6.01. The van der Waals surface area contributed by atoms with Crippen LogP contribution in [0.3, 0.4) is 0 Å². The van der Waals surface area contributed by atoms with Gasteiger partial charge in [-0.25, -0.2) is 9.18 Å². The zero-order valence-corrected chi connectivity index (χ0v) is 13.4. The second-order valence-corrected chi connectivity index (χ2v) is 6.82. The van der Waals surface area contributed by atoms with Crippen LogP contribution in [0.1, 0.15) is 18.4 Å². The number of nitrogens with one attached hydrogen (secondary N) is 1. The lowest BCUT2D eigenvalue weighted by Gasteiger charge is -2.36. The van der Waals surface area contributed by atoms with E-state index < -0.39 is 11.6 Å². The first-order valence-corrected chi connectivity index (χ1v) is 8.24. The monoisotopic (exact) mass is 339 g/mol. The topological polar surface area (TPSA) is 96.9 Å². The van der Waals surface area contributed by atoms with Crippen molar-refractivity contribution >= 4 is 28.7 Å². The van der Waals surface area contributed by atoms with Crippen LogP contribution in [0.4, 0.5) is 14.9 Å². The molecule has 3 rings (SSSR count). The third-order valence-corrected chi connectivity index (χ3v) is 5.52. The fourth-order valence-corrected chi connectivity index (χ4v) is 4.60. The number of fused-ring (bicyclic) bond motifs is 1. The third-order valence-electron chi connectivity index (χ3n) is 4.49. The van der Waals surface area contributed by atoms with Gasteiger partial charge in [0.1, 0.15) is 5.82 Å². The van der Waals surface area contributed by atoms with E-state index in [1.807, 2.05) is 0 Å². The van der Waals surface area contributed by atoms with Crippen LogP contribution in [0.15, 0.2) is 23.2 Å². The normalized spacial score (nSPS) is 29.7. The third kappa shape index (κ3) is 2.88.